The van der Waals surface area contributed by atoms with Crippen LogP contribution >= 0.6 is 23.5 Å². The van der Waals surface area contributed by atoms with Gasteiger partial charge in [-0.1, -0.05) is 97.0 Å². The Morgan fingerprint density at radius 2 is 1.00 bits per heavy atom. The second-order valence-corrected chi connectivity index (χ2v) is 21.1. The number of aliphatic hydroxyl groups is 5. The first-order valence-corrected chi connectivity index (χ1v) is 18.9. The molecule has 0 amide bonds. The minimum Gasteiger partial charge on any atom is -0.665 e. The number of hydrogen-bond donors (Lipinski definition) is 8. The molecule has 13 heteroatoms. The standard InChI is InChI=1S/C32H49O2S2.C7H17NO5.CHO2.CH4.Y/c1-28(2,3)22-16-20(17-23(26(22)33)29(4,5)6)35-32(13,14)36-21-18-24(30(7,8)9)27(34-15)25(19-21)31(10,11)12;1-8-2-4(10)6(12)7(13)5(11)3-9;2-1-3;;/h16-19,33H,15H2,1-14H3;4-13H,2-3H2,1H3;(H,2,3);1H4;/q-1;;-1;;. The third-order valence-corrected chi connectivity index (χ3v) is 10.4. The van der Waals surface area contributed by atoms with E-state index in [2.05, 4.69) is 134 Å². The van der Waals surface area contributed by atoms with Crippen molar-refractivity contribution in [2.45, 2.75) is 164 Å². The maximum atomic E-state index is 11.1. The van der Waals surface area contributed by atoms with E-state index in [1.54, 1.807) is 7.05 Å². The Kier molecular flexibility index (Phi) is 24.9. The second-order valence-electron chi connectivity index (χ2n) is 17.4. The number of phenols is 1. The van der Waals surface area contributed by atoms with Crippen LogP contribution in [0.2, 0.25) is 0 Å². The third-order valence-electron chi connectivity index (χ3n) is 7.99. The number of aromatic hydroxyl groups is 1. The summed E-state index contributed by atoms with van der Waals surface area (Å²) in [5.41, 5.74) is 3.93. The van der Waals surface area contributed by atoms with Crippen LogP contribution in [0, 0.1) is 7.11 Å². The van der Waals surface area contributed by atoms with Crippen LogP contribution in [0.5, 0.6) is 11.5 Å². The molecule has 2 rings (SSSR count). The smallest absolute Gasteiger partial charge is 0.123 e. The van der Waals surface area contributed by atoms with E-state index in [1.165, 1.54) is 20.9 Å². The Bertz CT molecular complexity index is 1340. The molecule has 0 aliphatic carbocycles. The molecule has 4 atom stereocenters. The van der Waals surface area contributed by atoms with Crippen LogP contribution in [0.25, 0.3) is 0 Å². The van der Waals surface area contributed by atoms with Crippen molar-refractivity contribution < 1.29 is 78.0 Å². The summed E-state index contributed by atoms with van der Waals surface area (Å²) in [7, 11) is 5.37. The van der Waals surface area contributed by atoms with Gasteiger partial charge in [0, 0.05) is 60.2 Å². The molecular formula is C41H71NO9S2Y-2. The molecule has 10 nitrogen and oxygen atoms in total. The van der Waals surface area contributed by atoms with Gasteiger partial charge in [0.15, 0.2) is 0 Å². The number of likely N-dealkylation sites (N-methyl/N-ethyl adjacent to an activating group) is 1. The zero-order valence-corrected chi connectivity index (χ0v) is 39.1. The predicted molar refractivity (Wildman–Crippen MR) is 221 cm³/mol. The normalized spacial score (nSPS) is 14.4. The Morgan fingerprint density at radius 3 is 1.26 bits per heavy atom. The molecule has 2 aromatic rings. The molecule has 8 N–H and O–H groups in total. The first kappa shape index (κ1) is 57.4. The molecule has 54 heavy (non-hydrogen) atoms. The summed E-state index contributed by atoms with van der Waals surface area (Å²) >= 11 is 3.73. The van der Waals surface area contributed by atoms with Crippen molar-refractivity contribution in [3.05, 3.63) is 53.6 Å². The van der Waals surface area contributed by atoms with Gasteiger partial charge in [0.05, 0.1) is 22.5 Å². The number of benzene rings is 2. The van der Waals surface area contributed by atoms with Crippen molar-refractivity contribution in [3.63, 3.8) is 0 Å². The van der Waals surface area contributed by atoms with Crippen LogP contribution in [-0.4, -0.2) is 90.9 Å². The molecule has 0 aliphatic heterocycles. The van der Waals surface area contributed by atoms with Crippen molar-refractivity contribution in [2.24, 2.45) is 0 Å². The van der Waals surface area contributed by atoms with E-state index in [4.69, 9.17) is 35.1 Å². The van der Waals surface area contributed by atoms with Crippen LogP contribution in [-0.2, 0) is 59.2 Å². The summed E-state index contributed by atoms with van der Waals surface area (Å²) in [5, 5.41) is 65.4. The van der Waals surface area contributed by atoms with E-state index in [1.807, 2.05) is 23.5 Å². The van der Waals surface area contributed by atoms with Gasteiger partial charge in [-0.2, -0.15) is 7.11 Å². The van der Waals surface area contributed by atoms with Crippen molar-refractivity contribution in [3.8, 4) is 11.5 Å². The molecule has 0 spiro atoms. The van der Waals surface area contributed by atoms with Gasteiger partial charge in [-0.05, 0) is 77.9 Å². The van der Waals surface area contributed by atoms with Crippen molar-refractivity contribution in [1.29, 1.82) is 0 Å². The number of rotatable bonds is 11. The molecule has 0 saturated carbocycles. The fourth-order valence-corrected chi connectivity index (χ4v) is 7.81. The fraction of sp³-hybridized carbons (Fsp3) is 0.659. The van der Waals surface area contributed by atoms with Gasteiger partial charge < -0.3 is 50.6 Å². The number of hydrogen-bond acceptors (Lipinski definition) is 11. The van der Waals surface area contributed by atoms with Gasteiger partial charge >= 0.3 is 0 Å². The van der Waals surface area contributed by atoms with Crippen LogP contribution in [0.3, 0.4) is 0 Å². The Labute approximate surface area is 360 Å². The molecule has 0 saturated heterocycles. The Hall–Kier alpha value is -0.926. The molecule has 0 bridgehead atoms. The Morgan fingerprint density at radius 1 is 0.704 bits per heavy atom. The first-order valence-electron chi connectivity index (χ1n) is 17.3. The SMILES string of the molecule is C.CNCC(O)C(O)C(O)C(O)CO.O=[C-]O.[CH2-]Oc1c(C(C)(C)C)cc(SC(C)(C)Sc2cc(C(C)(C)C)c(O)c(C(C)(C)C)c2)cc1C(C)(C)C.[Y]. The van der Waals surface area contributed by atoms with Gasteiger partial charge in [0.25, 0.3) is 0 Å². The molecule has 4 unspecified atom stereocenters. The zero-order valence-electron chi connectivity index (χ0n) is 34.6. The number of phenolic OH excluding ortho intramolecular Hbond substituents is 1. The van der Waals surface area contributed by atoms with E-state index in [-0.39, 0.29) is 72.4 Å². The van der Waals surface area contributed by atoms with Crippen LogP contribution in [0.15, 0.2) is 34.1 Å². The van der Waals surface area contributed by atoms with Crippen molar-refractivity contribution in [2.75, 3.05) is 20.2 Å². The summed E-state index contributed by atoms with van der Waals surface area (Å²) in [6.07, 6.45) is -5.65. The molecule has 0 heterocycles. The minimum atomic E-state index is -1.55. The third kappa shape index (κ3) is 18.1. The summed E-state index contributed by atoms with van der Waals surface area (Å²) in [5.74, 6) is 1.33. The number of thioether (sulfide) groups is 2. The van der Waals surface area contributed by atoms with Crippen molar-refractivity contribution in [1.82, 2.24) is 5.32 Å². The van der Waals surface area contributed by atoms with Gasteiger partial charge in [-0.3, -0.25) is 0 Å². The van der Waals surface area contributed by atoms with Crippen LogP contribution in [0.1, 0.15) is 127 Å². The largest absolute Gasteiger partial charge is 0.665 e. The van der Waals surface area contributed by atoms with Crippen LogP contribution < -0.4 is 10.1 Å². The molecule has 311 valence electrons. The minimum absolute atomic E-state index is 0. The predicted octanol–water partition coefficient (Wildman–Crippen LogP) is 7.26. The molecule has 2 aromatic carbocycles. The van der Waals surface area contributed by atoms with Crippen molar-refractivity contribution >= 4 is 30.0 Å². The zero-order chi connectivity index (χ0) is 41.2. The first-order chi connectivity index (χ1) is 23.4. The fourth-order valence-electron chi connectivity index (χ4n) is 5.22. The maximum absolute atomic E-state index is 11.1. The molecule has 0 aliphatic rings. The van der Waals surface area contributed by atoms with E-state index >= 15 is 0 Å². The quantitative estimate of drug-likeness (QED) is 0.0645. The summed E-state index contributed by atoms with van der Waals surface area (Å²) < 4.78 is 5.58. The molecule has 0 fully saturated rings. The summed E-state index contributed by atoms with van der Waals surface area (Å²) in [6, 6.07) is 8.91. The van der Waals surface area contributed by atoms with Crippen LogP contribution in [0.4, 0.5) is 0 Å². The van der Waals surface area contributed by atoms with Gasteiger partial charge in [0.1, 0.15) is 24.1 Å². The molecule has 1 radical (unpaired) electrons. The molecule has 0 aromatic heterocycles. The summed E-state index contributed by atoms with van der Waals surface area (Å²) in [6.45, 7) is 30.8. The topological polar surface area (TPSA) is 180 Å². The average Bonchev–Trinajstić information content (AvgIpc) is 2.98. The van der Waals surface area contributed by atoms with Gasteiger partial charge in [-0.15, -0.1) is 23.5 Å². The van der Waals surface area contributed by atoms with E-state index in [0.717, 1.165) is 16.9 Å². The van der Waals surface area contributed by atoms with Gasteiger partial charge in [-0.25, -0.2) is 0 Å². The number of nitrogens with one attached hydrogen (secondary N) is 1. The number of aliphatic hydroxyl groups excluding tert-OH is 6. The Balaban J connectivity index is -0.00000122. The molecular weight excluding hydrogens is 803 g/mol. The average molecular weight is 875 g/mol. The number of ether oxygens (including phenoxy) is 1. The van der Waals surface area contributed by atoms with Gasteiger partial charge in [0.2, 0.25) is 0 Å². The summed E-state index contributed by atoms with van der Waals surface area (Å²) in [4.78, 5) is 10.7. The maximum Gasteiger partial charge on any atom is 0.123 e. The monoisotopic (exact) mass is 874 g/mol. The van der Waals surface area contributed by atoms with E-state index in [9.17, 15) is 10.2 Å². The second kappa shape index (κ2) is 23.5. The van der Waals surface area contributed by atoms with E-state index < -0.39 is 31.0 Å². The van der Waals surface area contributed by atoms with E-state index in [0.29, 0.717) is 12.2 Å².